The SMILES string of the molecule is COc1ccc(CN2CCN(c3cccnc3)C2=O)cc1. The van der Waals surface area contributed by atoms with E-state index in [2.05, 4.69) is 4.98 Å². The smallest absolute Gasteiger partial charge is 0.324 e. The molecule has 0 radical (unpaired) electrons. The average Bonchev–Trinajstić information content (AvgIpc) is 2.90. The van der Waals surface area contributed by atoms with Crippen LogP contribution in [0.15, 0.2) is 48.8 Å². The Balaban J connectivity index is 1.69. The van der Waals surface area contributed by atoms with Gasteiger partial charge in [0.15, 0.2) is 0 Å². The van der Waals surface area contributed by atoms with Gasteiger partial charge in [0.2, 0.25) is 0 Å². The molecule has 1 fully saturated rings. The zero-order valence-electron chi connectivity index (χ0n) is 11.9. The average molecular weight is 283 g/mol. The van der Waals surface area contributed by atoms with Gasteiger partial charge in [0.1, 0.15) is 5.75 Å². The summed E-state index contributed by atoms with van der Waals surface area (Å²) in [6.07, 6.45) is 3.42. The second-order valence-corrected chi connectivity index (χ2v) is 4.92. The Hall–Kier alpha value is -2.56. The lowest BCUT2D eigenvalue weighted by Gasteiger charge is -2.18. The number of hydrogen-bond acceptors (Lipinski definition) is 3. The molecule has 1 saturated heterocycles. The predicted molar refractivity (Wildman–Crippen MR) is 80.4 cm³/mol. The minimum atomic E-state index is 0.0267. The lowest BCUT2D eigenvalue weighted by atomic mass is 10.2. The Labute approximate surface area is 123 Å². The maximum Gasteiger partial charge on any atom is 0.324 e. The molecule has 1 aliphatic rings. The van der Waals surface area contributed by atoms with Crippen LogP contribution in [0.25, 0.3) is 0 Å². The predicted octanol–water partition coefficient (Wildman–Crippen LogP) is 2.53. The summed E-state index contributed by atoms with van der Waals surface area (Å²) in [5, 5.41) is 0. The van der Waals surface area contributed by atoms with Crippen molar-refractivity contribution >= 4 is 11.7 Å². The molecule has 5 nitrogen and oxygen atoms in total. The van der Waals surface area contributed by atoms with E-state index in [0.717, 1.165) is 23.5 Å². The van der Waals surface area contributed by atoms with Gasteiger partial charge in [-0.2, -0.15) is 0 Å². The molecular weight excluding hydrogens is 266 g/mol. The van der Waals surface area contributed by atoms with Crippen LogP contribution in [0.2, 0.25) is 0 Å². The van der Waals surface area contributed by atoms with Crippen LogP contribution < -0.4 is 9.64 Å². The topological polar surface area (TPSA) is 45.7 Å². The Kier molecular flexibility index (Phi) is 3.73. The highest BCUT2D eigenvalue weighted by molar-refractivity contribution is 5.93. The van der Waals surface area contributed by atoms with Crippen molar-refractivity contribution in [3.63, 3.8) is 0 Å². The monoisotopic (exact) mass is 283 g/mol. The number of pyridine rings is 1. The second kappa shape index (κ2) is 5.83. The quantitative estimate of drug-likeness (QED) is 0.866. The summed E-state index contributed by atoms with van der Waals surface area (Å²) in [5.74, 6) is 0.823. The maximum atomic E-state index is 12.4. The fourth-order valence-corrected chi connectivity index (χ4v) is 2.43. The van der Waals surface area contributed by atoms with Crippen molar-refractivity contribution in [2.75, 3.05) is 25.1 Å². The molecule has 0 unspecified atom stereocenters. The van der Waals surface area contributed by atoms with Gasteiger partial charge in [-0.25, -0.2) is 4.79 Å². The van der Waals surface area contributed by atoms with Crippen LogP contribution >= 0.6 is 0 Å². The number of methoxy groups -OCH3 is 1. The summed E-state index contributed by atoms with van der Waals surface area (Å²) in [6, 6.07) is 11.6. The number of carbonyl (C=O) groups is 1. The summed E-state index contributed by atoms with van der Waals surface area (Å²) < 4.78 is 5.14. The van der Waals surface area contributed by atoms with Gasteiger partial charge in [0.05, 0.1) is 19.0 Å². The van der Waals surface area contributed by atoms with Gasteiger partial charge < -0.3 is 9.64 Å². The van der Waals surface area contributed by atoms with Gasteiger partial charge in [0, 0.05) is 25.8 Å². The molecule has 3 rings (SSSR count). The van der Waals surface area contributed by atoms with Crippen molar-refractivity contribution in [3.05, 3.63) is 54.4 Å². The molecular formula is C16H17N3O2. The van der Waals surface area contributed by atoms with Gasteiger partial charge in [-0.05, 0) is 29.8 Å². The highest BCUT2D eigenvalue weighted by Gasteiger charge is 2.29. The van der Waals surface area contributed by atoms with E-state index in [-0.39, 0.29) is 6.03 Å². The van der Waals surface area contributed by atoms with Gasteiger partial charge in [-0.3, -0.25) is 9.88 Å². The molecule has 0 saturated carbocycles. The largest absolute Gasteiger partial charge is 0.497 e. The van der Waals surface area contributed by atoms with Crippen LogP contribution in [-0.2, 0) is 6.54 Å². The highest BCUT2D eigenvalue weighted by atomic mass is 16.5. The molecule has 0 N–H and O–H groups in total. The first-order valence-corrected chi connectivity index (χ1v) is 6.87. The van der Waals surface area contributed by atoms with Crippen LogP contribution in [0.3, 0.4) is 0 Å². The van der Waals surface area contributed by atoms with E-state index in [1.165, 1.54) is 0 Å². The molecule has 0 atom stereocenters. The number of nitrogens with zero attached hydrogens (tertiary/aromatic N) is 3. The van der Waals surface area contributed by atoms with Crippen molar-refractivity contribution in [2.24, 2.45) is 0 Å². The van der Waals surface area contributed by atoms with E-state index in [4.69, 9.17) is 4.74 Å². The number of hydrogen-bond donors (Lipinski definition) is 0. The van der Waals surface area contributed by atoms with E-state index in [0.29, 0.717) is 13.1 Å². The standard InChI is InChI=1S/C16H17N3O2/c1-21-15-6-4-13(5-7-15)12-18-9-10-19(16(18)20)14-3-2-8-17-11-14/h2-8,11H,9-10,12H2,1H3. The van der Waals surface area contributed by atoms with E-state index in [9.17, 15) is 4.79 Å². The van der Waals surface area contributed by atoms with Crippen molar-refractivity contribution in [1.29, 1.82) is 0 Å². The van der Waals surface area contributed by atoms with Gasteiger partial charge >= 0.3 is 6.03 Å². The third kappa shape index (κ3) is 2.81. The van der Waals surface area contributed by atoms with Crippen LogP contribution in [0.1, 0.15) is 5.56 Å². The molecule has 108 valence electrons. The summed E-state index contributed by atoms with van der Waals surface area (Å²) in [4.78, 5) is 20.1. The molecule has 0 bridgehead atoms. The zero-order valence-corrected chi connectivity index (χ0v) is 11.9. The number of urea groups is 1. The molecule has 5 heteroatoms. The number of rotatable bonds is 4. The first kappa shape index (κ1) is 13.4. The normalized spacial score (nSPS) is 14.6. The van der Waals surface area contributed by atoms with E-state index in [1.807, 2.05) is 41.3 Å². The molecule has 21 heavy (non-hydrogen) atoms. The first-order valence-electron chi connectivity index (χ1n) is 6.87. The first-order chi connectivity index (χ1) is 10.3. The zero-order chi connectivity index (χ0) is 14.7. The van der Waals surface area contributed by atoms with E-state index >= 15 is 0 Å². The van der Waals surface area contributed by atoms with Crippen molar-refractivity contribution in [3.8, 4) is 5.75 Å². The molecule has 1 aromatic carbocycles. The second-order valence-electron chi connectivity index (χ2n) is 4.92. The Morgan fingerprint density at radius 1 is 1.19 bits per heavy atom. The number of benzene rings is 1. The number of ether oxygens (including phenoxy) is 1. The Morgan fingerprint density at radius 2 is 2.00 bits per heavy atom. The molecule has 2 amide bonds. The van der Waals surface area contributed by atoms with Crippen molar-refractivity contribution in [2.45, 2.75) is 6.54 Å². The van der Waals surface area contributed by atoms with Gasteiger partial charge in [-0.1, -0.05) is 12.1 Å². The fraction of sp³-hybridized carbons (Fsp3) is 0.250. The van der Waals surface area contributed by atoms with Crippen LogP contribution in [-0.4, -0.2) is 36.1 Å². The summed E-state index contributed by atoms with van der Waals surface area (Å²) >= 11 is 0. The third-order valence-corrected chi connectivity index (χ3v) is 3.59. The van der Waals surface area contributed by atoms with E-state index in [1.54, 1.807) is 24.4 Å². The summed E-state index contributed by atoms with van der Waals surface area (Å²) in [6.45, 7) is 2.03. The van der Waals surface area contributed by atoms with Crippen LogP contribution in [0.5, 0.6) is 5.75 Å². The molecule has 2 heterocycles. The maximum absolute atomic E-state index is 12.4. The van der Waals surface area contributed by atoms with Crippen molar-refractivity contribution in [1.82, 2.24) is 9.88 Å². The highest BCUT2D eigenvalue weighted by Crippen LogP contribution is 2.21. The number of aromatic nitrogens is 1. The molecule has 0 aliphatic carbocycles. The summed E-state index contributed by atoms with van der Waals surface area (Å²) in [7, 11) is 1.64. The molecule has 0 spiro atoms. The molecule has 1 aromatic heterocycles. The van der Waals surface area contributed by atoms with Crippen LogP contribution in [0, 0.1) is 0 Å². The lowest BCUT2D eigenvalue weighted by Crippen LogP contribution is -2.31. The lowest BCUT2D eigenvalue weighted by molar-refractivity contribution is 0.219. The van der Waals surface area contributed by atoms with Crippen molar-refractivity contribution < 1.29 is 9.53 Å². The minimum Gasteiger partial charge on any atom is -0.497 e. The Bertz CT molecular complexity index is 613. The molecule has 2 aromatic rings. The van der Waals surface area contributed by atoms with Gasteiger partial charge in [0.25, 0.3) is 0 Å². The summed E-state index contributed by atoms with van der Waals surface area (Å²) in [5.41, 5.74) is 1.94. The van der Waals surface area contributed by atoms with E-state index < -0.39 is 0 Å². The molecule has 1 aliphatic heterocycles. The number of amides is 2. The fourth-order valence-electron chi connectivity index (χ4n) is 2.43. The number of anilines is 1. The van der Waals surface area contributed by atoms with Gasteiger partial charge in [-0.15, -0.1) is 0 Å². The minimum absolute atomic E-state index is 0.0267. The number of carbonyl (C=O) groups excluding carboxylic acids is 1. The third-order valence-electron chi connectivity index (χ3n) is 3.59. The van der Waals surface area contributed by atoms with Crippen LogP contribution in [0.4, 0.5) is 10.5 Å². The Morgan fingerprint density at radius 3 is 2.67 bits per heavy atom.